The van der Waals surface area contributed by atoms with Crippen molar-refractivity contribution in [3.63, 3.8) is 0 Å². The predicted molar refractivity (Wildman–Crippen MR) is 97.5 cm³/mol. The van der Waals surface area contributed by atoms with E-state index < -0.39 is 10.0 Å². The fourth-order valence-corrected chi connectivity index (χ4v) is 3.28. The number of carbonyl (C=O) groups excluding carboxylic acids is 1. The Bertz CT molecular complexity index is 822. The second-order valence-corrected chi connectivity index (χ2v) is 7.61. The molecule has 7 heteroatoms. The molecular weight excluding hydrogens is 338 g/mol. The highest BCUT2D eigenvalue weighted by Gasteiger charge is 2.20. The van der Waals surface area contributed by atoms with Crippen molar-refractivity contribution < 1.29 is 13.2 Å². The van der Waals surface area contributed by atoms with Gasteiger partial charge in [0.15, 0.2) is 0 Å². The molecule has 1 unspecified atom stereocenters. The van der Waals surface area contributed by atoms with Crippen molar-refractivity contribution in [3.05, 3.63) is 65.7 Å². The number of amides is 1. The number of nitrogens with one attached hydrogen (secondary N) is 1. The van der Waals surface area contributed by atoms with Gasteiger partial charge in [0.2, 0.25) is 10.0 Å². The zero-order valence-electron chi connectivity index (χ0n) is 14.3. The monoisotopic (exact) mass is 361 g/mol. The number of sulfonamides is 1. The molecule has 134 valence electrons. The fraction of sp³-hybridized carbons (Fsp3) is 0.278. The van der Waals surface area contributed by atoms with Crippen molar-refractivity contribution >= 4 is 15.9 Å². The van der Waals surface area contributed by atoms with Gasteiger partial charge in [0, 0.05) is 31.7 Å². The maximum atomic E-state index is 12.5. The van der Waals surface area contributed by atoms with Gasteiger partial charge in [0.25, 0.3) is 5.91 Å². The predicted octanol–water partition coefficient (Wildman–Crippen LogP) is 1.58. The molecule has 2 aromatic carbocycles. The van der Waals surface area contributed by atoms with E-state index in [1.54, 1.807) is 19.2 Å². The fourth-order valence-electron chi connectivity index (χ4n) is 2.22. The van der Waals surface area contributed by atoms with E-state index in [9.17, 15) is 13.2 Å². The van der Waals surface area contributed by atoms with Crippen molar-refractivity contribution in [2.75, 3.05) is 13.6 Å². The first-order valence-electron chi connectivity index (χ1n) is 7.96. The van der Waals surface area contributed by atoms with Crippen LogP contribution in [0.4, 0.5) is 0 Å². The Labute approximate surface area is 148 Å². The van der Waals surface area contributed by atoms with Gasteiger partial charge in [-0.2, -0.15) is 0 Å². The van der Waals surface area contributed by atoms with Gasteiger partial charge in [-0.1, -0.05) is 36.4 Å². The molecule has 0 aliphatic heterocycles. The lowest BCUT2D eigenvalue weighted by molar-refractivity contribution is 0.0748. The summed E-state index contributed by atoms with van der Waals surface area (Å²) in [5, 5.41) is 0. The van der Waals surface area contributed by atoms with Gasteiger partial charge in [-0.15, -0.1) is 0 Å². The van der Waals surface area contributed by atoms with Crippen LogP contribution in [0.25, 0.3) is 0 Å². The van der Waals surface area contributed by atoms with Gasteiger partial charge in [-0.05, 0) is 30.7 Å². The van der Waals surface area contributed by atoms with Crippen LogP contribution >= 0.6 is 0 Å². The molecule has 0 heterocycles. The van der Waals surface area contributed by atoms with Crippen molar-refractivity contribution in [2.24, 2.45) is 5.73 Å². The van der Waals surface area contributed by atoms with Crippen LogP contribution in [0.2, 0.25) is 0 Å². The van der Waals surface area contributed by atoms with Crippen molar-refractivity contribution in [3.8, 4) is 0 Å². The van der Waals surface area contributed by atoms with Gasteiger partial charge in [-0.3, -0.25) is 4.79 Å². The van der Waals surface area contributed by atoms with E-state index in [0.29, 0.717) is 12.1 Å². The first-order chi connectivity index (χ1) is 11.8. The summed E-state index contributed by atoms with van der Waals surface area (Å²) < 4.78 is 27.5. The highest BCUT2D eigenvalue weighted by atomic mass is 32.2. The molecule has 2 aromatic rings. The van der Waals surface area contributed by atoms with E-state index in [1.165, 1.54) is 17.0 Å². The molecular formula is C18H23N3O3S. The Hall–Kier alpha value is -2.22. The molecule has 0 bridgehead atoms. The lowest BCUT2D eigenvalue weighted by Gasteiger charge is -2.23. The van der Waals surface area contributed by atoms with Gasteiger partial charge in [-0.25, -0.2) is 13.1 Å². The number of carbonyl (C=O) groups is 1. The summed E-state index contributed by atoms with van der Waals surface area (Å²) in [5.74, 6) is -0.266. The molecule has 3 N–H and O–H groups in total. The molecule has 0 aliphatic carbocycles. The van der Waals surface area contributed by atoms with E-state index >= 15 is 0 Å². The van der Waals surface area contributed by atoms with Crippen LogP contribution in [0.5, 0.6) is 0 Å². The average molecular weight is 361 g/mol. The molecule has 0 saturated carbocycles. The molecule has 2 rings (SSSR count). The number of rotatable bonds is 7. The summed E-state index contributed by atoms with van der Waals surface area (Å²) in [7, 11) is -2.06. The molecule has 0 saturated heterocycles. The molecule has 1 amide bonds. The van der Waals surface area contributed by atoms with E-state index in [2.05, 4.69) is 4.72 Å². The summed E-state index contributed by atoms with van der Waals surface area (Å²) in [6, 6.07) is 15.1. The molecule has 0 aromatic heterocycles. The minimum absolute atomic E-state index is 0.0584. The van der Waals surface area contributed by atoms with Crippen molar-refractivity contribution in [1.29, 1.82) is 0 Å². The molecule has 0 aliphatic rings. The third-order valence-corrected chi connectivity index (χ3v) is 5.42. The summed E-state index contributed by atoms with van der Waals surface area (Å²) in [6.07, 6.45) is 0. The summed E-state index contributed by atoms with van der Waals surface area (Å²) >= 11 is 0. The first kappa shape index (κ1) is 19.1. The molecule has 0 radical (unpaired) electrons. The zero-order valence-corrected chi connectivity index (χ0v) is 15.2. The summed E-state index contributed by atoms with van der Waals surface area (Å²) in [6.45, 7) is 2.35. The Morgan fingerprint density at radius 2 is 1.84 bits per heavy atom. The Morgan fingerprint density at radius 3 is 2.48 bits per heavy atom. The van der Waals surface area contributed by atoms with Crippen LogP contribution in [-0.4, -0.2) is 38.9 Å². The molecule has 25 heavy (non-hydrogen) atoms. The first-order valence-corrected chi connectivity index (χ1v) is 9.44. The van der Waals surface area contributed by atoms with Crippen LogP contribution in [0.1, 0.15) is 22.8 Å². The highest BCUT2D eigenvalue weighted by Crippen LogP contribution is 2.14. The van der Waals surface area contributed by atoms with Gasteiger partial charge in [0.1, 0.15) is 0 Å². The van der Waals surface area contributed by atoms with Gasteiger partial charge in [0.05, 0.1) is 4.90 Å². The molecule has 1 atom stereocenters. The number of hydrogen-bond donors (Lipinski definition) is 2. The summed E-state index contributed by atoms with van der Waals surface area (Å²) in [5.41, 5.74) is 6.75. The number of hydrogen-bond acceptors (Lipinski definition) is 4. The normalized spacial score (nSPS) is 12.6. The van der Waals surface area contributed by atoms with Crippen LogP contribution in [-0.2, 0) is 16.6 Å². The Balaban J connectivity index is 2.18. The van der Waals surface area contributed by atoms with Crippen LogP contribution in [0, 0.1) is 0 Å². The standard InChI is InChI=1S/C18H23N3O3S/c1-14(12-19)21(2)18(22)16-9-6-10-17(11-16)25(23,24)20-13-15-7-4-3-5-8-15/h3-11,14,20H,12-13,19H2,1-2H3. The van der Waals surface area contributed by atoms with Crippen LogP contribution in [0.3, 0.4) is 0 Å². The Kier molecular flexibility index (Phi) is 6.30. The SMILES string of the molecule is CC(CN)N(C)C(=O)c1cccc(S(=O)(=O)NCc2ccccc2)c1. The van der Waals surface area contributed by atoms with E-state index in [0.717, 1.165) is 5.56 Å². The maximum absolute atomic E-state index is 12.5. The van der Waals surface area contributed by atoms with Gasteiger partial charge < -0.3 is 10.6 Å². The minimum atomic E-state index is -3.71. The minimum Gasteiger partial charge on any atom is -0.338 e. The molecule has 0 spiro atoms. The number of nitrogens with two attached hydrogens (primary N) is 1. The van der Waals surface area contributed by atoms with Crippen LogP contribution < -0.4 is 10.5 Å². The van der Waals surface area contributed by atoms with Crippen LogP contribution in [0.15, 0.2) is 59.5 Å². The summed E-state index contributed by atoms with van der Waals surface area (Å²) in [4.78, 5) is 14.0. The lowest BCUT2D eigenvalue weighted by Crippen LogP contribution is -2.39. The number of likely N-dealkylation sites (N-methyl/N-ethyl adjacent to an activating group) is 1. The average Bonchev–Trinajstić information content (AvgIpc) is 2.65. The van der Waals surface area contributed by atoms with E-state index in [-0.39, 0.29) is 23.4 Å². The van der Waals surface area contributed by atoms with E-state index in [1.807, 2.05) is 37.3 Å². The van der Waals surface area contributed by atoms with Crippen molar-refractivity contribution in [1.82, 2.24) is 9.62 Å². The maximum Gasteiger partial charge on any atom is 0.253 e. The quantitative estimate of drug-likeness (QED) is 0.783. The topological polar surface area (TPSA) is 92.5 Å². The van der Waals surface area contributed by atoms with E-state index in [4.69, 9.17) is 5.73 Å². The largest absolute Gasteiger partial charge is 0.338 e. The Morgan fingerprint density at radius 1 is 1.16 bits per heavy atom. The second-order valence-electron chi connectivity index (χ2n) is 5.84. The highest BCUT2D eigenvalue weighted by molar-refractivity contribution is 7.89. The van der Waals surface area contributed by atoms with Crippen molar-refractivity contribution in [2.45, 2.75) is 24.4 Å². The number of benzene rings is 2. The second kappa shape index (κ2) is 8.24. The third-order valence-electron chi connectivity index (χ3n) is 4.02. The zero-order chi connectivity index (χ0) is 18.4. The number of nitrogens with zero attached hydrogens (tertiary/aromatic N) is 1. The molecule has 0 fully saturated rings. The lowest BCUT2D eigenvalue weighted by atomic mass is 10.2. The smallest absolute Gasteiger partial charge is 0.253 e. The third kappa shape index (κ3) is 4.88. The van der Waals surface area contributed by atoms with Gasteiger partial charge >= 0.3 is 0 Å². The molecule has 6 nitrogen and oxygen atoms in total.